The van der Waals surface area contributed by atoms with Crippen molar-refractivity contribution in [3.05, 3.63) is 0 Å². The fourth-order valence-electron chi connectivity index (χ4n) is 2.14. The van der Waals surface area contributed by atoms with Crippen molar-refractivity contribution in [3.8, 4) is 0 Å². The zero-order valence-corrected chi connectivity index (χ0v) is 9.08. The highest BCUT2D eigenvalue weighted by atomic mass is 35.5. The van der Waals surface area contributed by atoms with Gasteiger partial charge in [0.15, 0.2) is 0 Å². The zero-order valence-electron chi connectivity index (χ0n) is 8.33. The topological polar surface area (TPSA) is 20.2 Å². The van der Waals surface area contributed by atoms with E-state index in [1.54, 1.807) is 0 Å². The van der Waals surface area contributed by atoms with Crippen LogP contribution in [0.3, 0.4) is 0 Å². The summed E-state index contributed by atoms with van der Waals surface area (Å²) in [5.41, 5.74) is -4.12. The van der Waals surface area contributed by atoms with Crippen molar-refractivity contribution >= 4 is 11.6 Å². The van der Waals surface area contributed by atoms with Gasteiger partial charge in [0.05, 0.1) is 0 Å². The van der Waals surface area contributed by atoms with Gasteiger partial charge in [-0.25, -0.2) is 0 Å². The molecule has 1 aliphatic rings. The summed E-state index contributed by atoms with van der Waals surface area (Å²) in [6.07, 6.45) is -4.11. The molecule has 0 heterocycles. The Morgan fingerprint density at radius 3 is 1.69 bits per heavy atom. The van der Waals surface area contributed by atoms with Crippen LogP contribution in [0.1, 0.15) is 32.1 Å². The molecule has 7 heteroatoms. The minimum Gasteiger partial charge on any atom is -0.375 e. The highest BCUT2D eigenvalue weighted by Crippen LogP contribution is 2.52. The number of aliphatic hydroxyl groups is 1. The minimum absolute atomic E-state index is 0.0850. The molecule has 0 radical (unpaired) electrons. The van der Waals surface area contributed by atoms with Crippen LogP contribution in [0.25, 0.3) is 0 Å². The van der Waals surface area contributed by atoms with Gasteiger partial charge in [0, 0.05) is 5.92 Å². The molecular weight excluding hydrogens is 255 g/mol. The molecule has 0 aromatic heterocycles. The third kappa shape index (κ3) is 2.27. The van der Waals surface area contributed by atoms with Crippen LogP contribution in [0.2, 0.25) is 0 Å². The van der Waals surface area contributed by atoms with Gasteiger partial charge in [0.2, 0.25) is 5.60 Å². The normalized spacial score (nSPS) is 24.2. The van der Waals surface area contributed by atoms with Crippen LogP contribution >= 0.6 is 11.6 Å². The van der Waals surface area contributed by atoms with Crippen LogP contribution < -0.4 is 0 Å². The summed E-state index contributed by atoms with van der Waals surface area (Å²) in [6, 6.07) is 0. The maximum atomic E-state index is 12.8. The van der Waals surface area contributed by atoms with E-state index in [0.29, 0.717) is 19.3 Å². The van der Waals surface area contributed by atoms with E-state index in [1.807, 2.05) is 0 Å². The molecule has 96 valence electrons. The highest BCUT2D eigenvalue weighted by molar-refractivity contribution is 6.22. The summed E-state index contributed by atoms with van der Waals surface area (Å²) in [5.74, 6) is -1.53. The quantitative estimate of drug-likeness (QED) is 0.597. The maximum absolute atomic E-state index is 12.8. The fraction of sp³-hybridized carbons (Fsp3) is 1.00. The Morgan fingerprint density at radius 1 is 0.938 bits per heavy atom. The summed E-state index contributed by atoms with van der Waals surface area (Å²) in [7, 11) is 0. The first-order valence-corrected chi connectivity index (χ1v) is 5.34. The predicted molar refractivity (Wildman–Crippen MR) is 48.4 cm³/mol. The summed E-state index contributed by atoms with van der Waals surface area (Å²) in [5, 5.41) is 4.60. The van der Waals surface area contributed by atoms with E-state index in [2.05, 4.69) is 11.6 Å². The lowest BCUT2D eigenvalue weighted by molar-refractivity contribution is -0.331. The minimum atomic E-state index is -5.43. The van der Waals surface area contributed by atoms with Gasteiger partial charge in [-0.1, -0.05) is 19.3 Å². The lowest BCUT2D eigenvalue weighted by Gasteiger charge is -2.41. The van der Waals surface area contributed by atoms with E-state index < -0.39 is 23.1 Å². The Labute approximate surface area is 94.6 Å². The molecule has 1 fully saturated rings. The van der Waals surface area contributed by atoms with E-state index in [-0.39, 0.29) is 12.8 Å². The molecule has 0 aliphatic heterocycles. The smallest absolute Gasteiger partial charge is 0.375 e. The lowest BCUT2D eigenvalue weighted by Crippen LogP contribution is -2.61. The van der Waals surface area contributed by atoms with Gasteiger partial charge >= 0.3 is 11.6 Å². The van der Waals surface area contributed by atoms with E-state index in [1.165, 1.54) is 0 Å². The molecule has 0 amide bonds. The Morgan fingerprint density at radius 2 is 1.38 bits per heavy atom. The van der Waals surface area contributed by atoms with Gasteiger partial charge in [-0.05, 0) is 24.4 Å². The predicted octanol–water partition coefficient (Wildman–Crippen LogP) is 3.69. The van der Waals surface area contributed by atoms with Gasteiger partial charge in [-0.3, -0.25) is 0 Å². The second-order valence-electron chi connectivity index (χ2n) is 4.10. The highest BCUT2D eigenvalue weighted by Gasteiger charge is 2.71. The monoisotopic (exact) mass is 266 g/mol. The molecule has 0 aromatic rings. The van der Waals surface area contributed by atoms with Crippen LogP contribution in [-0.4, -0.2) is 22.3 Å². The van der Waals surface area contributed by atoms with E-state index in [4.69, 9.17) is 0 Å². The molecule has 1 saturated carbocycles. The largest absolute Gasteiger partial charge is 0.424 e. The van der Waals surface area contributed by atoms with Crippen LogP contribution in [0.15, 0.2) is 0 Å². The Kier molecular flexibility index (Phi) is 3.75. The SMILES string of the molecule is OC(C1CCCCC1)(C(F)(F)F)C(F)(F)Cl. The van der Waals surface area contributed by atoms with Gasteiger partial charge in [0.1, 0.15) is 0 Å². The number of hydrogen-bond donors (Lipinski definition) is 1. The van der Waals surface area contributed by atoms with Crippen molar-refractivity contribution in [1.82, 2.24) is 0 Å². The number of halogens is 6. The first kappa shape index (κ1) is 14.0. The van der Waals surface area contributed by atoms with Crippen molar-refractivity contribution < 1.29 is 27.1 Å². The first-order valence-electron chi connectivity index (χ1n) is 4.96. The van der Waals surface area contributed by atoms with Gasteiger partial charge in [-0.2, -0.15) is 22.0 Å². The van der Waals surface area contributed by atoms with E-state index in [0.717, 1.165) is 0 Å². The molecule has 1 atom stereocenters. The molecule has 1 nitrogen and oxygen atoms in total. The molecule has 0 bridgehead atoms. The van der Waals surface area contributed by atoms with Crippen LogP contribution in [-0.2, 0) is 0 Å². The Hall–Kier alpha value is -0.100. The van der Waals surface area contributed by atoms with Crippen LogP contribution in [0, 0.1) is 5.92 Å². The van der Waals surface area contributed by atoms with Crippen molar-refractivity contribution in [3.63, 3.8) is 0 Å². The third-order valence-electron chi connectivity index (χ3n) is 3.06. The first-order chi connectivity index (χ1) is 7.11. The summed E-state index contributed by atoms with van der Waals surface area (Å²) in [4.78, 5) is 0. The number of rotatable bonds is 2. The van der Waals surface area contributed by atoms with Crippen molar-refractivity contribution in [2.45, 2.75) is 49.3 Å². The zero-order chi connectivity index (χ0) is 12.6. The molecule has 0 spiro atoms. The van der Waals surface area contributed by atoms with Crippen LogP contribution in [0.5, 0.6) is 0 Å². The third-order valence-corrected chi connectivity index (χ3v) is 3.35. The molecule has 1 unspecified atom stereocenters. The second-order valence-corrected chi connectivity index (χ2v) is 4.57. The second kappa shape index (κ2) is 4.29. The van der Waals surface area contributed by atoms with Crippen LogP contribution in [0.4, 0.5) is 22.0 Å². The fourth-order valence-corrected chi connectivity index (χ4v) is 2.41. The summed E-state index contributed by atoms with van der Waals surface area (Å²) >= 11 is 4.46. The van der Waals surface area contributed by atoms with Gasteiger partial charge in [-0.15, -0.1) is 0 Å². The van der Waals surface area contributed by atoms with Crippen molar-refractivity contribution in [2.24, 2.45) is 5.92 Å². The number of hydrogen-bond acceptors (Lipinski definition) is 1. The molecule has 0 saturated heterocycles. The molecule has 1 N–H and O–H groups in total. The standard InChI is InChI=1S/C9H12ClF5O/c10-8(11,12)7(16,9(13,14)15)6-4-2-1-3-5-6/h6,16H,1-5H2. The number of alkyl halides is 6. The summed E-state index contributed by atoms with van der Waals surface area (Å²) in [6.45, 7) is 0. The Balaban J connectivity index is 3.04. The molecule has 16 heavy (non-hydrogen) atoms. The maximum Gasteiger partial charge on any atom is 0.424 e. The molecule has 1 aliphatic carbocycles. The Bertz CT molecular complexity index is 227. The van der Waals surface area contributed by atoms with Gasteiger partial charge in [0.25, 0.3) is 0 Å². The van der Waals surface area contributed by atoms with Crippen molar-refractivity contribution in [2.75, 3.05) is 0 Å². The molecular formula is C9H12ClF5O. The van der Waals surface area contributed by atoms with E-state index in [9.17, 15) is 27.1 Å². The van der Waals surface area contributed by atoms with Crippen molar-refractivity contribution in [1.29, 1.82) is 0 Å². The lowest BCUT2D eigenvalue weighted by atomic mass is 9.76. The van der Waals surface area contributed by atoms with Gasteiger partial charge < -0.3 is 5.11 Å². The van der Waals surface area contributed by atoms with E-state index >= 15 is 0 Å². The molecule has 1 rings (SSSR count). The average molecular weight is 267 g/mol. The summed E-state index contributed by atoms with van der Waals surface area (Å²) < 4.78 is 63.4. The average Bonchev–Trinajstić information content (AvgIpc) is 2.14. The molecule has 0 aromatic carbocycles.